The lowest BCUT2D eigenvalue weighted by Gasteiger charge is -2.03. The molecule has 0 saturated carbocycles. The summed E-state index contributed by atoms with van der Waals surface area (Å²) in [5.41, 5.74) is 0.938. The van der Waals surface area contributed by atoms with Crippen molar-refractivity contribution < 1.29 is 14.7 Å². The first-order valence-corrected chi connectivity index (χ1v) is 6.47. The van der Waals surface area contributed by atoms with E-state index < -0.39 is 5.97 Å². The van der Waals surface area contributed by atoms with E-state index in [9.17, 15) is 9.59 Å². The second-order valence-corrected chi connectivity index (χ2v) is 5.38. The minimum atomic E-state index is -0.947. The zero-order valence-corrected chi connectivity index (χ0v) is 11.2. The smallest absolute Gasteiger partial charge is 0.309 e. The Bertz CT molecular complexity index is 610. The number of amides is 1. The number of carbonyl (C=O) groups is 2. The molecule has 98 valence electrons. The van der Waals surface area contributed by atoms with E-state index >= 15 is 0 Å². The van der Waals surface area contributed by atoms with Gasteiger partial charge in [-0.15, -0.1) is 11.3 Å². The Morgan fingerprint density at radius 3 is 2.63 bits per heavy atom. The minimum Gasteiger partial charge on any atom is -0.481 e. The highest BCUT2D eigenvalue weighted by Gasteiger charge is 2.09. The van der Waals surface area contributed by atoms with E-state index in [1.165, 1.54) is 17.5 Å². The number of carbonyl (C=O) groups excluding carboxylic acids is 1. The van der Waals surface area contributed by atoms with E-state index in [4.69, 9.17) is 16.7 Å². The lowest BCUT2D eigenvalue weighted by molar-refractivity contribution is -0.136. The molecule has 1 amide bonds. The molecule has 0 aliphatic rings. The Morgan fingerprint density at radius 2 is 2.11 bits per heavy atom. The van der Waals surface area contributed by atoms with Gasteiger partial charge in [-0.25, -0.2) is 0 Å². The number of hydrogen-bond acceptors (Lipinski definition) is 4. The van der Waals surface area contributed by atoms with Crippen molar-refractivity contribution in [2.24, 2.45) is 0 Å². The summed E-state index contributed by atoms with van der Waals surface area (Å²) in [6.45, 7) is 0. The van der Waals surface area contributed by atoms with Crippen molar-refractivity contribution in [3.8, 4) is 0 Å². The third kappa shape index (κ3) is 3.77. The number of thiophene rings is 1. The van der Waals surface area contributed by atoms with Crippen molar-refractivity contribution in [1.29, 1.82) is 0 Å². The van der Waals surface area contributed by atoms with Crippen molar-refractivity contribution >= 4 is 40.5 Å². The highest BCUT2D eigenvalue weighted by molar-refractivity contribution is 7.18. The summed E-state index contributed by atoms with van der Waals surface area (Å²) >= 11 is 6.93. The van der Waals surface area contributed by atoms with E-state index in [2.05, 4.69) is 10.3 Å². The fraction of sp³-hybridized carbons (Fsp3) is 0.0833. The van der Waals surface area contributed by atoms with E-state index in [-0.39, 0.29) is 12.3 Å². The zero-order chi connectivity index (χ0) is 13.8. The molecule has 7 heteroatoms. The molecule has 0 aliphatic carbocycles. The lowest BCUT2D eigenvalue weighted by atomic mass is 10.2. The van der Waals surface area contributed by atoms with Crippen molar-refractivity contribution in [1.82, 2.24) is 4.98 Å². The van der Waals surface area contributed by atoms with Crippen molar-refractivity contribution in [3.05, 3.63) is 45.4 Å². The molecule has 0 atom stereocenters. The summed E-state index contributed by atoms with van der Waals surface area (Å²) < 4.78 is 0.542. The maximum Gasteiger partial charge on any atom is 0.309 e. The van der Waals surface area contributed by atoms with Crippen LogP contribution < -0.4 is 5.32 Å². The summed E-state index contributed by atoms with van der Waals surface area (Å²) in [7, 11) is 0. The lowest BCUT2D eigenvalue weighted by Crippen LogP contribution is -2.10. The Kier molecular flexibility index (Phi) is 4.13. The highest BCUT2D eigenvalue weighted by Crippen LogP contribution is 2.22. The summed E-state index contributed by atoms with van der Waals surface area (Å²) in [5.74, 6) is -1.22. The summed E-state index contributed by atoms with van der Waals surface area (Å²) in [6, 6.07) is 6.45. The van der Waals surface area contributed by atoms with Crippen LogP contribution in [-0.4, -0.2) is 22.0 Å². The van der Waals surface area contributed by atoms with Crippen LogP contribution in [0.1, 0.15) is 15.4 Å². The van der Waals surface area contributed by atoms with E-state index in [0.29, 0.717) is 20.6 Å². The molecular formula is C12H9ClN2O3S. The molecule has 2 N–H and O–H groups in total. The number of carboxylic acid groups (broad SMARTS) is 1. The largest absolute Gasteiger partial charge is 0.481 e. The van der Waals surface area contributed by atoms with Gasteiger partial charge in [-0.1, -0.05) is 11.6 Å². The van der Waals surface area contributed by atoms with Crippen LogP contribution in [-0.2, 0) is 11.2 Å². The average molecular weight is 297 g/mol. The van der Waals surface area contributed by atoms with E-state index in [1.807, 2.05) is 0 Å². The number of carboxylic acids is 1. The molecule has 2 aromatic heterocycles. The molecule has 2 rings (SSSR count). The number of aliphatic carboxylic acids is 1. The van der Waals surface area contributed by atoms with Gasteiger partial charge in [0.25, 0.3) is 5.91 Å². The van der Waals surface area contributed by atoms with Gasteiger partial charge in [0, 0.05) is 0 Å². The summed E-state index contributed by atoms with van der Waals surface area (Å²) in [6.07, 6.45) is 1.28. The fourth-order valence-electron chi connectivity index (χ4n) is 1.39. The molecule has 0 aliphatic heterocycles. The monoisotopic (exact) mass is 296 g/mol. The van der Waals surface area contributed by atoms with Crippen LogP contribution in [0.4, 0.5) is 5.69 Å². The van der Waals surface area contributed by atoms with Crippen LogP contribution in [0.3, 0.4) is 0 Å². The van der Waals surface area contributed by atoms with Gasteiger partial charge in [0.05, 0.1) is 33.2 Å². The van der Waals surface area contributed by atoms with Gasteiger partial charge >= 0.3 is 5.97 Å². The Labute approximate surface area is 117 Å². The molecular weight excluding hydrogens is 288 g/mol. The van der Waals surface area contributed by atoms with Crippen molar-refractivity contribution in [2.75, 3.05) is 5.32 Å². The van der Waals surface area contributed by atoms with Crippen LogP contribution in [0.5, 0.6) is 0 Å². The maximum absolute atomic E-state index is 11.8. The average Bonchev–Trinajstić information content (AvgIpc) is 2.78. The first-order chi connectivity index (χ1) is 9.04. The molecule has 19 heavy (non-hydrogen) atoms. The van der Waals surface area contributed by atoms with Crippen LogP contribution in [0, 0.1) is 0 Å². The van der Waals surface area contributed by atoms with Crippen LogP contribution in [0.25, 0.3) is 0 Å². The number of pyridine rings is 1. The van der Waals surface area contributed by atoms with Crippen LogP contribution >= 0.6 is 22.9 Å². The summed E-state index contributed by atoms with van der Waals surface area (Å²) in [5, 5.41) is 11.3. The number of aromatic nitrogens is 1. The number of nitrogens with one attached hydrogen (secondary N) is 1. The molecule has 0 radical (unpaired) electrons. The highest BCUT2D eigenvalue weighted by atomic mass is 35.5. The molecule has 5 nitrogen and oxygen atoms in total. The molecule has 0 unspecified atom stereocenters. The number of hydrogen-bond donors (Lipinski definition) is 2. The minimum absolute atomic E-state index is 0.144. The fourth-order valence-corrected chi connectivity index (χ4v) is 2.33. The second-order valence-electron chi connectivity index (χ2n) is 3.67. The van der Waals surface area contributed by atoms with Gasteiger partial charge in [0.1, 0.15) is 0 Å². The van der Waals surface area contributed by atoms with Crippen molar-refractivity contribution in [2.45, 2.75) is 6.42 Å². The molecule has 0 aromatic carbocycles. The zero-order valence-electron chi connectivity index (χ0n) is 9.59. The molecule has 0 fully saturated rings. The second kappa shape index (κ2) is 5.81. The molecule has 0 spiro atoms. The van der Waals surface area contributed by atoms with Crippen LogP contribution in [0.2, 0.25) is 4.34 Å². The van der Waals surface area contributed by atoms with Gasteiger partial charge in [-0.3, -0.25) is 14.6 Å². The van der Waals surface area contributed by atoms with Gasteiger partial charge in [-0.2, -0.15) is 0 Å². The van der Waals surface area contributed by atoms with Gasteiger partial charge in [-0.05, 0) is 24.3 Å². The first-order valence-electron chi connectivity index (χ1n) is 5.28. The topological polar surface area (TPSA) is 79.3 Å². The first kappa shape index (κ1) is 13.5. The van der Waals surface area contributed by atoms with Gasteiger partial charge in [0.2, 0.25) is 0 Å². The Balaban J connectivity index is 2.03. The van der Waals surface area contributed by atoms with Gasteiger partial charge < -0.3 is 10.4 Å². The number of anilines is 1. The molecule has 0 saturated heterocycles. The third-order valence-corrected chi connectivity index (χ3v) is 3.44. The normalized spacial score (nSPS) is 10.2. The quantitative estimate of drug-likeness (QED) is 0.909. The predicted molar refractivity (Wildman–Crippen MR) is 72.9 cm³/mol. The SMILES string of the molecule is O=C(O)Cc1ccc(NC(=O)c2ccc(Cl)s2)cn1. The molecule has 2 heterocycles. The molecule has 2 aromatic rings. The Hall–Kier alpha value is -1.92. The number of rotatable bonds is 4. The van der Waals surface area contributed by atoms with Crippen molar-refractivity contribution in [3.63, 3.8) is 0 Å². The van der Waals surface area contributed by atoms with E-state index in [1.54, 1.807) is 24.3 Å². The standard InChI is InChI=1S/C12H9ClN2O3S/c13-10-4-3-9(19-10)12(18)15-8-2-1-7(14-6-8)5-11(16)17/h1-4,6H,5H2,(H,15,18)(H,16,17). The third-order valence-electron chi connectivity index (χ3n) is 2.21. The summed E-state index contributed by atoms with van der Waals surface area (Å²) in [4.78, 5) is 26.8. The van der Waals surface area contributed by atoms with Crippen LogP contribution in [0.15, 0.2) is 30.5 Å². The molecule has 0 bridgehead atoms. The predicted octanol–water partition coefficient (Wildman–Crippen LogP) is 2.68. The number of halogens is 1. The maximum atomic E-state index is 11.8. The van der Waals surface area contributed by atoms with E-state index in [0.717, 1.165) is 0 Å². The number of nitrogens with zero attached hydrogens (tertiary/aromatic N) is 1. The van der Waals surface area contributed by atoms with Gasteiger partial charge in [0.15, 0.2) is 0 Å². The Morgan fingerprint density at radius 1 is 1.32 bits per heavy atom.